The third-order valence-corrected chi connectivity index (χ3v) is 3.42. The lowest BCUT2D eigenvalue weighted by atomic mass is 10.1. The number of nitrogens with one attached hydrogen (secondary N) is 1. The van der Waals surface area contributed by atoms with Crippen LogP contribution in [0.4, 0.5) is 0 Å². The summed E-state index contributed by atoms with van der Waals surface area (Å²) in [4.78, 5) is 0. The Labute approximate surface area is 91.6 Å². The third kappa shape index (κ3) is 2.34. The van der Waals surface area contributed by atoms with Crippen molar-refractivity contribution < 1.29 is 0 Å². The number of hydrogen-bond donors (Lipinski definition) is 1. The zero-order valence-electron chi connectivity index (χ0n) is 7.07. The number of rotatable bonds is 2. The van der Waals surface area contributed by atoms with Gasteiger partial charge in [0.1, 0.15) is 0 Å². The topological polar surface area (TPSA) is 12.0 Å². The van der Waals surface area contributed by atoms with Crippen molar-refractivity contribution in [3.63, 3.8) is 0 Å². The molecule has 1 aromatic rings. The molecule has 0 unspecified atom stereocenters. The Morgan fingerprint density at radius 1 is 1.50 bits per heavy atom. The summed E-state index contributed by atoms with van der Waals surface area (Å²) in [6.45, 7) is 2.12. The lowest BCUT2D eigenvalue weighted by Crippen LogP contribution is -2.12. The van der Waals surface area contributed by atoms with Crippen molar-refractivity contribution >= 4 is 34.2 Å². The first kappa shape index (κ1) is 10.3. The van der Waals surface area contributed by atoms with Crippen LogP contribution in [-0.2, 0) is 0 Å². The van der Waals surface area contributed by atoms with Gasteiger partial charge in [-0.3, -0.25) is 0 Å². The van der Waals surface area contributed by atoms with Crippen LogP contribution in [0.3, 0.4) is 0 Å². The molecule has 0 aliphatic carbocycles. The van der Waals surface area contributed by atoms with Gasteiger partial charge in [0.2, 0.25) is 0 Å². The molecule has 0 saturated heterocycles. The van der Waals surface area contributed by atoms with E-state index in [-0.39, 0.29) is 0 Å². The van der Waals surface area contributed by atoms with Crippen molar-refractivity contribution in [2.75, 3.05) is 7.05 Å². The predicted octanol–water partition coefficient (Wildman–Crippen LogP) is 3.23. The summed E-state index contributed by atoms with van der Waals surface area (Å²) in [6, 6.07) is 6.47. The highest BCUT2D eigenvalue weighted by atomic mass is 127. The molecule has 0 saturated carbocycles. The van der Waals surface area contributed by atoms with E-state index in [0.717, 1.165) is 8.59 Å². The summed E-state index contributed by atoms with van der Waals surface area (Å²) in [6.07, 6.45) is 0. The van der Waals surface area contributed by atoms with E-state index in [2.05, 4.69) is 40.9 Å². The maximum absolute atomic E-state index is 5.90. The molecule has 1 nitrogen and oxygen atoms in total. The first-order valence-corrected chi connectivity index (χ1v) is 5.23. The molecule has 0 aliphatic rings. The van der Waals surface area contributed by atoms with Crippen LogP contribution in [0.1, 0.15) is 18.5 Å². The Hall–Kier alpha value is 0.200. The van der Waals surface area contributed by atoms with Gasteiger partial charge < -0.3 is 5.32 Å². The molecule has 0 radical (unpaired) electrons. The van der Waals surface area contributed by atoms with Gasteiger partial charge in [-0.05, 0) is 54.3 Å². The van der Waals surface area contributed by atoms with Crippen LogP contribution in [0.5, 0.6) is 0 Å². The Bertz CT molecular complexity index is 275. The number of benzene rings is 1. The average Bonchev–Trinajstić information content (AvgIpc) is 2.08. The molecule has 12 heavy (non-hydrogen) atoms. The van der Waals surface area contributed by atoms with Gasteiger partial charge in [-0.25, -0.2) is 0 Å². The highest BCUT2D eigenvalue weighted by Crippen LogP contribution is 2.22. The fourth-order valence-electron chi connectivity index (χ4n) is 0.948. The second-order valence-electron chi connectivity index (χ2n) is 2.68. The molecule has 1 N–H and O–H groups in total. The van der Waals surface area contributed by atoms with Crippen molar-refractivity contribution in [3.05, 3.63) is 32.4 Å². The molecular formula is C9H11ClIN. The molecule has 0 aliphatic heterocycles. The molecule has 0 amide bonds. The summed E-state index contributed by atoms with van der Waals surface area (Å²) >= 11 is 8.14. The van der Waals surface area contributed by atoms with Gasteiger partial charge in [0, 0.05) is 9.61 Å². The molecule has 1 rings (SSSR count). The van der Waals surface area contributed by atoms with E-state index in [1.165, 1.54) is 5.56 Å². The van der Waals surface area contributed by atoms with Crippen molar-refractivity contribution in [3.8, 4) is 0 Å². The van der Waals surface area contributed by atoms with Crippen LogP contribution < -0.4 is 5.32 Å². The lowest BCUT2D eigenvalue weighted by Gasteiger charge is -2.10. The zero-order valence-corrected chi connectivity index (χ0v) is 9.98. The molecule has 0 fully saturated rings. The minimum atomic E-state index is 0.385. The van der Waals surface area contributed by atoms with Gasteiger partial charge in [0.25, 0.3) is 0 Å². The van der Waals surface area contributed by atoms with Crippen LogP contribution in [0.2, 0.25) is 5.02 Å². The average molecular weight is 296 g/mol. The Morgan fingerprint density at radius 2 is 2.17 bits per heavy atom. The minimum absolute atomic E-state index is 0.385. The normalized spacial score (nSPS) is 13.0. The van der Waals surface area contributed by atoms with Crippen molar-refractivity contribution in [1.29, 1.82) is 0 Å². The van der Waals surface area contributed by atoms with Gasteiger partial charge in [0.15, 0.2) is 0 Å². The van der Waals surface area contributed by atoms with Crippen molar-refractivity contribution in [2.45, 2.75) is 13.0 Å². The summed E-state index contributed by atoms with van der Waals surface area (Å²) in [5.74, 6) is 0. The smallest absolute Gasteiger partial charge is 0.0539 e. The van der Waals surface area contributed by atoms with Gasteiger partial charge in [-0.2, -0.15) is 0 Å². The fraction of sp³-hybridized carbons (Fsp3) is 0.333. The third-order valence-electron chi connectivity index (χ3n) is 1.88. The number of hydrogen-bond acceptors (Lipinski definition) is 1. The molecule has 0 heterocycles. The van der Waals surface area contributed by atoms with E-state index in [1.54, 1.807) is 0 Å². The maximum Gasteiger partial charge on any atom is 0.0539 e. The van der Waals surface area contributed by atoms with Crippen LogP contribution in [0, 0.1) is 3.57 Å². The fourth-order valence-corrected chi connectivity index (χ4v) is 1.61. The molecule has 0 aromatic heterocycles. The monoisotopic (exact) mass is 295 g/mol. The van der Waals surface area contributed by atoms with E-state index in [1.807, 2.05) is 19.2 Å². The molecule has 1 aromatic carbocycles. The predicted molar refractivity (Wildman–Crippen MR) is 61.6 cm³/mol. The van der Waals surface area contributed by atoms with E-state index >= 15 is 0 Å². The maximum atomic E-state index is 5.90. The van der Waals surface area contributed by atoms with Crippen LogP contribution in [0.25, 0.3) is 0 Å². The highest BCUT2D eigenvalue weighted by molar-refractivity contribution is 14.1. The number of halogens is 2. The van der Waals surface area contributed by atoms with E-state index < -0.39 is 0 Å². The van der Waals surface area contributed by atoms with Crippen LogP contribution in [-0.4, -0.2) is 7.05 Å². The van der Waals surface area contributed by atoms with Crippen LogP contribution >= 0.6 is 34.2 Å². The zero-order chi connectivity index (χ0) is 9.14. The summed E-state index contributed by atoms with van der Waals surface area (Å²) in [5.41, 5.74) is 1.27. The summed E-state index contributed by atoms with van der Waals surface area (Å²) in [5, 5.41) is 4.00. The summed E-state index contributed by atoms with van der Waals surface area (Å²) in [7, 11) is 1.95. The highest BCUT2D eigenvalue weighted by Gasteiger charge is 2.03. The van der Waals surface area contributed by atoms with Crippen LogP contribution in [0.15, 0.2) is 18.2 Å². The van der Waals surface area contributed by atoms with Gasteiger partial charge in [0.05, 0.1) is 5.02 Å². The molecular weight excluding hydrogens is 284 g/mol. The molecule has 66 valence electrons. The Balaban J connectivity index is 2.96. The van der Waals surface area contributed by atoms with Gasteiger partial charge in [-0.1, -0.05) is 17.7 Å². The van der Waals surface area contributed by atoms with E-state index in [4.69, 9.17) is 11.6 Å². The summed E-state index contributed by atoms with van der Waals surface area (Å²) < 4.78 is 1.11. The van der Waals surface area contributed by atoms with Gasteiger partial charge >= 0.3 is 0 Å². The Morgan fingerprint density at radius 3 is 2.67 bits per heavy atom. The molecule has 0 bridgehead atoms. The van der Waals surface area contributed by atoms with E-state index in [0.29, 0.717) is 6.04 Å². The second-order valence-corrected chi connectivity index (χ2v) is 4.25. The quantitative estimate of drug-likeness (QED) is 0.826. The molecule has 3 heteroatoms. The van der Waals surface area contributed by atoms with Crippen molar-refractivity contribution in [2.24, 2.45) is 0 Å². The first-order valence-electron chi connectivity index (χ1n) is 3.77. The largest absolute Gasteiger partial charge is 0.313 e. The minimum Gasteiger partial charge on any atom is -0.313 e. The second kappa shape index (κ2) is 4.44. The Kier molecular flexibility index (Phi) is 3.80. The standard InChI is InChI=1S/C9H11ClIN/c1-6(12-2)7-3-4-8(10)9(11)5-7/h3-6,12H,1-2H3/t6-/m0/s1. The molecule has 1 atom stereocenters. The van der Waals surface area contributed by atoms with E-state index in [9.17, 15) is 0 Å². The first-order chi connectivity index (χ1) is 5.65. The SMILES string of the molecule is CN[C@@H](C)c1ccc(Cl)c(I)c1. The lowest BCUT2D eigenvalue weighted by molar-refractivity contribution is 0.652. The molecule has 0 spiro atoms. The van der Waals surface area contributed by atoms with Crippen molar-refractivity contribution in [1.82, 2.24) is 5.32 Å². The van der Waals surface area contributed by atoms with Gasteiger partial charge in [-0.15, -0.1) is 0 Å².